The van der Waals surface area contributed by atoms with Gasteiger partial charge in [0.1, 0.15) is 5.76 Å². The van der Waals surface area contributed by atoms with Crippen molar-refractivity contribution in [3.8, 4) is 0 Å². The van der Waals surface area contributed by atoms with E-state index in [4.69, 9.17) is 9.63 Å². The highest BCUT2D eigenvalue weighted by atomic mass is 16.5. The molecule has 0 radical (unpaired) electrons. The summed E-state index contributed by atoms with van der Waals surface area (Å²) >= 11 is 0. The molecule has 0 spiro atoms. The number of aliphatic carboxylic acids is 1. The molecule has 0 atom stereocenters. The van der Waals surface area contributed by atoms with E-state index in [2.05, 4.69) is 5.16 Å². The van der Waals surface area contributed by atoms with Crippen LogP contribution in [0.1, 0.15) is 50.0 Å². The van der Waals surface area contributed by atoms with E-state index in [9.17, 15) is 4.79 Å². The molecule has 0 aromatic carbocycles. The van der Waals surface area contributed by atoms with E-state index in [1.54, 1.807) is 0 Å². The second kappa shape index (κ2) is 4.68. The highest BCUT2D eigenvalue weighted by Crippen LogP contribution is 2.35. The molecule has 0 bridgehead atoms. The summed E-state index contributed by atoms with van der Waals surface area (Å²) in [6.07, 6.45) is 4.19. The van der Waals surface area contributed by atoms with E-state index >= 15 is 0 Å². The van der Waals surface area contributed by atoms with E-state index in [1.807, 2.05) is 13.0 Å². The molecule has 0 unspecified atom stereocenters. The Balaban J connectivity index is 1.96. The Morgan fingerprint density at radius 1 is 1.50 bits per heavy atom. The minimum atomic E-state index is -0.659. The number of carbonyl (C=O) groups is 1. The number of rotatable bonds is 3. The molecule has 0 amide bonds. The van der Waals surface area contributed by atoms with Gasteiger partial charge in [-0.25, -0.2) is 0 Å². The molecule has 1 heterocycles. The van der Waals surface area contributed by atoms with Gasteiger partial charge in [-0.3, -0.25) is 4.79 Å². The summed E-state index contributed by atoms with van der Waals surface area (Å²) in [5, 5.41) is 13.0. The topological polar surface area (TPSA) is 63.3 Å². The molecular weight excluding hydrogens is 206 g/mol. The number of carboxylic acids is 1. The van der Waals surface area contributed by atoms with E-state index in [-0.39, 0.29) is 5.92 Å². The minimum Gasteiger partial charge on any atom is -0.481 e. The zero-order valence-electron chi connectivity index (χ0n) is 9.48. The summed E-state index contributed by atoms with van der Waals surface area (Å²) in [6, 6.07) is 2.01. The number of aryl methyl sites for hydroxylation is 1. The molecule has 1 N–H and O–H groups in total. The fourth-order valence-electron chi connectivity index (χ4n) is 2.32. The van der Waals surface area contributed by atoms with Gasteiger partial charge in [-0.2, -0.15) is 0 Å². The number of carboxylic acid groups (broad SMARTS) is 1. The second-order valence-corrected chi connectivity index (χ2v) is 4.46. The molecule has 1 aromatic rings. The van der Waals surface area contributed by atoms with Crippen LogP contribution in [0.5, 0.6) is 0 Å². The molecule has 0 saturated heterocycles. The maximum Gasteiger partial charge on any atom is 0.306 e. The number of hydrogen-bond acceptors (Lipinski definition) is 3. The zero-order chi connectivity index (χ0) is 11.5. The summed E-state index contributed by atoms with van der Waals surface area (Å²) in [4.78, 5) is 10.8. The molecule has 4 nitrogen and oxygen atoms in total. The largest absolute Gasteiger partial charge is 0.481 e. The van der Waals surface area contributed by atoms with Gasteiger partial charge < -0.3 is 9.63 Å². The van der Waals surface area contributed by atoms with Crippen LogP contribution in [-0.2, 0) is 11.2 Å². The van der Waals surface area contributed by atoms with Gasteiger partial charge in [0.2, 0.25) is 0 Å². The first-order valence-corrected chi connectivity index (χ1v) is 5.89. The number of hydrogen-bond donors (Lipinski definition) is 1. The summed E-state index contributed by atoms with van der Waals surface area (Å²) in [5.41, 5.74) is 1.00. The van der Waals surface area contributed by atoms with Gasteiger partial charge in [0, 0.05) is 18.4 Å². The van der Waals surface area contributed by atoms with Crippen molar-refractivity contribution < 1.29 is 14.4 Å². The smallest absolute Gasteiger partial charge is 0.306 e. The fourth-order valence-corrected chi connectivity index (χ4v) is 2.32. The first-order valence-electron chi connectivity index (χ1n) is 5.89. The van der Waals surface area contributed by atoms with Gasteiger partial charge in [-0.05, 0) is 25.7 Å². The predicted octanol–water partition coefficient (Wildman–Crippen LogP) is 2.60. The second-order valence-electron chi connectivity index (χ2n) is 4.46. The molecule has 1 saturated carbocycles. The SMILES string of the molecule is CCc1cc([C@H]2CC[C@H](C(=O)O)CC2)no1. The lowest BCUT2D eigenvalue weighted by Crippen LogP contribution is -2.20. The average molecular weight is 223 g/mol. The molecule has 88 valence electrons. The van der Waals surface area contributed by atoms with Crippen molar-refractivity contribution in [2.75, 3.05) is 0 Å². The van der Waals surface area contributed by atoms with Crippen molar-refractivity contribution >= 4 is 5.97 Å². The molecule has 1 fully saturated rings. The third-order valence-corrected chi connectivity index (χ3v) is 3.42. The Kier molecular flexibility index (Phi) is 3.27. The van der Waals surface area contributed by atoms with Gasteiger partial charge in [0.05, 0.1) is 11.6 Å². The summed E-state index contributed by atoms with van der Waals surface area (Å²) in [7, 11) is 0. The highest BCUT2D eigenvalue weighted by molar-refractivity contribution is 5.70. The summed E-state index contributed by atoms with van der Waals surface area (Å²) in [5.74, 6) is 0.483. The van der Waals surface area contributed by atoms with Crippen molar-refractivity contribution in [2.24, 2.45) is 5.92 Å². The van der Waals surface area contributed by atoms with Crippen molar-refractivity contribution in [2.45, 2.75) is 44.9 Å². The van der Waals surface area contributed by atoms with Crippen LogP contribution in [0.4, 0.5) is 0 Å². The Bertz CT molecular complexity index is 364. The standard InChI is InChI=1S/C12H17NO3/c1-2-10-7-11(13-16-10)8-3-5-9(6-4-8)12(14)15/h7-9H,2-6H2,1H3,(H,14,15)/t8-,9-. The lowest BCUT2D eigenvalue weighted by molar-refractivity contribution is -0.142. The molecular formula is C12H17NO3. The normalized spacial score (nSPS) is 25.6. The average Bonchev–Trinajstić information content (AvgIpc) is 2.77. The Labute approximate surface area is 94.6 Å². The van der Waals surface area contributed by atoms with Crippen molar-refractivity contribution in [1.29, 1.82) is 0 Å². The van der Waals surface area contributed by atoms with Crippen LogP contribution in [0.25, 0.3) is 0 Å². The summed E-state index contributed by atoms with van der Waals surface area (Å²) in [6.45, 7) is 2.03. The van der Waals surface area contributed by atoms with E-state index in [1.165, 1.54) is 0 Å². The Morgan fingerprint density at radius 3 is 2.69 bits per heavy atom. The molecule has 0 aliphatic heterocycles. The number of nitrogens with zero attached hydrogens (tertiary/aromatic N) is 1. The monoisotopic (exact) mass is 223 g/mol. The maximum absolute atomic E-state index is 10.8. The van der Waals surface area contributed by atoms with E-state index < -0.39 is 5.97 Å². The van der Waals surface area contributed by atoms with Gasteiger partial charge >= 0.3 is 5.97 Å². The quantitative estimate of drug-likeness (QED) is 0.855. The maximum atomic E-state index is 10.8. The molecule has 2 rings (SSSR count). The first kappa shape index (κ1) is 11.2. The Hall–Kier alpha value is -1.32. The lowest BCUT2D eigenvalue weighted by Gasteiger charge is -2.24. The molecule has 1 aliphatic carbocycles. The van der Waals surface area contributed by atoms with Gasteiger partial charge in [0.15, 0.2) is 0 Å². The lowest BCUT2D eigenvalue weighted by atomic mass is 9.80. The van der Waals surface area contributed by atoms with Crippen LogP contribution in [0.15, 0.2) is 10.6 Å². The van der Waals surface area contributed by atoms with Crippen LogP contribution in [0, 0.1) is 5.92 Å². The van der Waals surface area contributed by atoms with E-state index in [0.717, 1.165) is 43.6 Å². The Morgan fingerprint density at radius 2 is 2.19 bits per heavy atom. The molecule has 16 heavy (non-hydrogen) atoms. The summed E-state index contributed by atoms with van der Waals surface area (Å²) < 4.78 is 5.17. The minimum absolute atomic E-state index is 0.159. The van der Waals surface area contributed by atoms with Gasteiger partial charge in [-0.1, -0.05) is 12.1 Å². The highest BCUT2D eigenvalue weighted by Gasteiger charge is 2.28. The number of aromatic nitrogens is 1. The molecule has 1 aliphatic rings. The van der Waals surface area contributed by atoms with Crippen LogP contribution < -0.4 is 0 Å². The van der Waals surface area contributed by atoms with Crippen molar-refractivity contribution in [3.05, 3.63) is 17.5 Å². The van der Waals surface area contributed by atoms with Crippen molar-refractivity contribution in [3.63, 3.8) is 0 Å². The third-order valence-electron chi connectivity index (χ3n) is 3.42. The van der Waals surface area contributed by atoms with Crippen molar-refractivity contribution in [1.82, 2.24) is 5.16 Å². The third kappa shape index (κ3) is 2.26. The van der Waals surface area contributed by atoms with Crippen LogP contribution in [-0.4, -0.2) is 16.2 Å². The van der Waals surface area contributed by atoms with E-state index in [0.29, 0.717) is 5.92 Å². The predicted molar refractivity (Wildman–Crippen MR) is 58.2 cm³/mol. The van der Waals surface area contributed by atoms with Crippen LogP contribution in [0.3, 0.4) is 0 Å². The zero-order valence-corrected chi connectivity index (χ0v) is 9.48. The van der Waals surface area contributed by atoms with Gasteiger partial charge in [-0.15, -0.1) is 0 Å². The van der Waals surface area contributed by atoms with Gasteiger partial charge in [0.25, 0.3) is 0 Å². The van der Waals surface area contributed by atoms with Crippen LogP contribution in [0.2, 0.25) is 0 Å². The molecule has 1 aromatic heterocycles. The molecule has 4 heteroatoms. The first-order chi connectivity index (χ1) is 7.70. The van der Waals surface area contributed by atoms with Crippen LogP contribution >= 0.6 is 0 Å². The fraction of sp³-hybridized carbons (Fsp3) is 0.667.